The van der Waals surface area contributed by atoms with E-state index in [-0.39, 0.29) is 5.91 Å². The number of para-hydroxylation sites is 2. The van der Waals surface area contributed by atoms with E-state index >= 15 is 0 Å². The molecular formula is C26H23N3OS. The number of fused-ring (bicyclic) bond motifs is 3. The van der Waals surface area contributed by atoms with Crippen LogP contribution < -0.4 is 4.90 Å². The Bertz CT molecular complexity index is 1150. The van der Waals surface area contributed by atoms with Gasteiger partial charge in [0.05, 0.1) is 16.9 Å². The predicted octanol–water partition coefficient (Wildman–Crippen LogP) is 5.39. The average molecular weight is 426 g/mol. The highest BCUT2D eigenvalue weighted by Gasteiger charge is 2.25. The second kappa shape index (κ2) is 8.56. The molecular weight excluding hydrogens is 402 g/mol. The molecule has 1 aromatic heterocycles. The van der Waals surface area contributed by atoms with Crippen molar-refractivity contribution in [2.45, 2.75) is 43.6 Å². The van der Waals surface area contributed by atoms with Crippen LogP contribution in [0.5, 0.6) is 0 Å². The summed E-state index contributed by atoms with van der Waals surface area (Å²) in [6.45, 7) is 0. The molecule has 2 aliphatic rings. The molecule has 0 spiro atoms. The lowest BCUT2D eigenvalue weighted by Gasteiger charge is -2.25. The lowest BCUT2D eigenvalue weighted by Crippen LogP contribution is -2.27. The molecule has 1 aliphatic heterocycles. The molecule has 0 saturated heterocycles. The van der Waals surface area contributed by atoms with Gasteiger partial charge in [0.25, 0.3) is 0 Å². The maximum Gasteiger partial charge on any atom is 0.232 e. The Morgan fingerprint density at radius 1 is 0.968 bits per heavy atom. The normalized spacial score (nSPS) is 14.2. The first kappa shape index (κ1) is 19.8. The van der Waals surface area contributed by atoms with Crippen LogP contribution in [-0.2, 0) is 30.5 Å². The van der Waals surface area contributed by atoms with Crippen LogP contribution >= 0.6 is 11.8 Å². The van der Waals surface area contributed by atoms with Gasteiger partial charge in [-0.2, -0.15) is 5.26 Å². The first-order valence-electron chi connectivity index (χ1n) is 10.8. The molecule has 154 valence electrons. The number of carbonyl (C=O) groups excluding carboxylic acids is 1. The molecule has 0 bridgehead atoms. The highest BCUT2D eigenvalue weighted by Crippen LogP contribution is 2.37. The van der Waals surface area contributed by atoms with Crippen molar-refractivity contribution in [2.75, 3.05) is 10.7 Å². The molecule has 31 heavy (non-hydrogen) atoms. The third-order valence-electron chi connectivity index (χ3n) is 6.07. The molecule has 2 aromatic carbocycles. The molecule has 5 heteroatoms. The lowest BCUT2D eigenvalue weighted by atomic mass is 10.0. The topological polar surface area (TPSA) is 57.0 Å². The molecule has 0 radical (unpaired) electrons. The average Bonchev–Trinajstić information content (AvgIpc) is 3.18. The molecule has 0 unspecified atom stereocenters. The number of rotatable bonds is 4. The standard InChI is InChI=1S/C26H23N3OS/c27-17-21-16-20-8-5-9-22(20)28-26(21)31-15-14-25(30)29-23-10-3-1-6-18(23)12-13-19-7-2-4-11-24(19)29/h1-4,6-7,10-11,16H,5,8-9,12-15H2. The van der Waals surface area contributed by atoms with Crippen LogP contribution in [0.4, 0.5) is 11.4 Å². The molecule has 0 N–H and O–H groups in total. The van der Waals surface area contributed by atoms with E-state index in [9.17, 15) is 10.1 Å². The summed E-state index contributed by atoms with van der Waals surface area (Å²) in [6.07, 6.45) is 5.33. The second-order valence-corrected chi connectivity index (χ2v) is 9.08. The van der Waals surface area contributed by atoms with Crippen molar-refractivity contribution in [3.63, 3.8) is 0 Å². The maximum absolute atomic E-state index is 13.4. The van der Waals surface area contributed by atoms with Gasteiger partial charge in [0.15, 0.2) is 0 Å². The predicted molar refractivity (Wildman–Crippen MR) is 124 cm³/mol. The summed E-state index contributed by atoms with van der Waals surface area (Å²) < 4.78 is 0. The van der Waals surface area contributed by atoms with Crippen molar-refractivity contribution < 1.29 is 4.79 Å². The monoisotopic (exact) mass is 425 g/mol. The van der Waals surface area contributed by atoms with Crippen molar-refractivity contribution >= 4 is 29.0 Å². The summed E-state index contributed by atoms with van der Waals surface area (Å²) in [6, 6.07) is 20.6. The van der Waals surface area contributed by atoms with Crippen LogP contribution in [0.1, 0.15) is 40.8 Å². The van der Waals surface area contributed by atoms with Crippen LogP contribution in [0.15, 0.2) is 59.6 Å². The zero-order valence-corrected chi connectivity index (χ0v) is 18.1. The van der Waals surface area contributed by atoms with Crippen LogP contribution in [0.2, 0.25) is 0 Å². The summed E-state index contributed by atoms with van der Waals surface area (Å²) in [5.74, 6) is 0.675. The number of aryl methyl sites for hydroxylation is 4. The summed E-state index contributed by atoms with van der Waals surface area (Å²) in [5.41, 5.74) is 7.31. The Balaban J connectivity index is 1.38. The van der Waals surface area contributed by atoms with E-state index in [4.69, 9.17) is 4.98 Å². The number of aromatic nitrogens is 1. The number of benzene rings is 2. The number of pyridine rings is 1. The largest absolute Gasteiger partial charge is 0.280 e. The fraction of sp³-hybridized carbons (Fsp3) is 0.269. The van der Waals surface area contributed by atoms with E-state index in [0.29, 0.717) is 17.7 Å². The number of carbonyl (C=O) groups is 1. The molecule has 3 aromatic rings. The molecule has 0 saturated carbocycles. The Morgan fingerprint density at radius 2 is 1.65 bits per heavy atom. The van der Waals surface area contributed by atoms with E-state index in [0.717, 1.165) is 54.2 Å². The van der Waals surface area contributed by atoms with Crippen molar-refractivity contribution in [1.82, 2.24) is 4.98 Å². The smallest absolute Gasteiger partial charge is 0.232 e. The number of nitrogens with zero attached hydrogens (tertiary/aromatic N) is 3. The van der Waals surface area contributed by atoms with Crippen molar-refractivity contribution in [3.8, 4) is 6.07 Å². The summed E-state index contributed by atoms with van der Waals surface area (Å²) >= 11 is 1.52. The quantitative estimate of drug-likeness (QED) is 0.526. The summed E-state index contributed by atoms with van der Waals surface area (Å²) in [5, 5.41) is 10.3. The van der Waals surface area contributed by atoms with Gasteiger partial charge in [0, 0.05) is 17.9 Å². The Kier molecular flexibility index (Phi) is 5.48. The van der Waals surface area contributed by atoms with Gasteiger partial charge in [0.2, 0.25) is 5.91 Å². The van der Waals surface area contributed by atoms with E-state index in [1.54, 1.807) is 0 Å². The van der Waals surface area contributed by atoms with Crippen LogP contribution in [0, 0.1) is 11.3 Å². The molecule has 0 fully saturated rings. The molecule has 2 heterocycles. The third-order valence-corrected chi connectivity index (χ3v) is 7.06. The van der Waals surface area contributed by atoms with Crippen molar-refractivity contribution in [1.29, 1.82) is 5.26 Å². The number of hydrogen-bond acceptors (Lipinski definition) is 4. The fourth-order valence-electron chi connectivity index (χ4n) is 4.54. The summed E-state index contributed by atoms with van der Waals surface area (Å²) in [4.78, 5) is 20.1. The molecule has 1 aliphatic carbocycles. The van der Waals surface area contributed by atoms with Gasteiger partial charge >= 0.3 is 0 Å². The van der Waals surface area contributed by atoms with Gasteiger partial charge in [-0.05, 0) is 67.0 Å². The van der Waals surface area contributed by atoms with E-state index < -0.39 is 0 Å². The highest BCUT2D eigenvalue weighted by atomic mass is 32.2. The second-order valence-electron chi connectivity index (χ2n) is 8.00. The Hall–Kier alpha value is -3.10. The van der Waals surface area contributed by atoms with Crippen LogP contribution in [0.25, 0.3) is 0 Å². The summed E-state index contributed by atoms with van der Waals surface area (Å²) in [7, 11) is 0. The SMILES string of the molecule is N#Cc1cc2c(nc1SCCC(=O)N1c3ccccc3CCc3ccccc31)CCC2. The fourth-order valence-corrected chi connectivity index (χ4v) is 5.44. The molecule has 5 rings (SSSR count). The number of nitriles is 1. The number of hydrogen-bond donors (Lipinski definition) is 0. The molecule has 4 nitrogen and oxygen atoms in total. The first-order valence-corrected chi connectivity index (χ1v) is 11.8. The van der Waals surface area contributed by atoms with Gasteiger partial charge < -0.3 is 0 Å². The molecule has 1 amide bonds. The van der Waals surface area contributed by atoms with Gasteiger partial charge in [-0.15, -0.1) is 11.8 Å². The number of amides is 1. The van der Waals surface area contributed by atoms with Crippen LogP contribution in [0.3, 0.4) is 0 Å². The highest BCUT2D eigenvalue weighted by molar-refractivity contribution is 7.99. The minimum atomic E-state index is 0.0777. The zero-order valence-electron chi connectivity index (χ0n) is 17.3. The first-order chi connectivity index (χ1) is 15.2. The minimum Gasteiger partial charge on any atom is -0.280 e. The van der Waals surface area contributed by atoms with E-state index in [2.05, 4.69) is 18.2 Å². The minimum absolute atomic E-state index is 0.0777. The van der Waals surface area contributed by atoms with Crippen molar-refractivity contribution in [3.05, 3.63) is 82.5 Å². The van der Waals surface area contributed by atoms with E-state index in [1.165, 1.54) is 28.5 Å². The van der Waals surface area contributed by atoms with Crippen LogP contribution in [-0.4, -0.2) is 16.6 Å². The van der Waals surface area contributed by atoms with Gasteiger partial charge in [-0.1, -0.05) is 36.4 Å². The number of anilines is 2. The van der Waals surface area contributed by atoms with Gasteiger partial charge in [-0.3, -0.25) is 9.69 Å². The maximum atomic E-state index is 13.4. The zero-order chi connectivity index (χ0) is 21.2. The Labute approximate surface area is 186 Å². The number of thioether (sulfide) groups is 1. The lowest BCUT2D eigenvalue weighted by molar-refractivity contribution is -0.117. The Morgan fingerprint density at radius 3 is 2.32 bits per heavy atom. The third kappa shape index (κ3) is 3.84. The van der Waals surface area contributed by atoms with Crippen molar-refractivity contribution in [2.24, 2.45) is 0 Å². The van der Waals surface area contributed by atoms with Gasteiger partial charge in [0.1, 0.15) is 11.1 Å². The van der Waals surface area contributed by atoms with E-state index in [1.807, 2.05) is 47.4 Å². The van der Waals surface area contributed by atoms with Gasteiger partial charge in [-0.25, -0.2) is 4.98 Å². The molecule has 0 atom stereocenters.